The first-order chi connectivity index (χ1) is 15.6. The van der Waals surface area contributed by atoms with Gasteiger partial charge in [0.05, 0.1) is 11.7 Å². The molecule has 32 heavy (non-hydrogen) atoms. The number of nitrogens with zero attached hydrogens (tertiary/aromatic N) is 2. The molecule has 2 aliphatic rings. The average molecular weight is 427 g/mol. The van der Waals surface area contributed by atoms with Gasteiger partial charge in [0.25, 0.3) is 5.91 Å². The fourth-order valence-corrected chi connectivity index (χ4v) is 5.04. The molecule has 162 valence electrons. The molecule has 2 heterocycles. The zero-order valence-corrected chi connectivity index (χ0v) is 18.3. The molecule has 0 aromatic heterocycles. The monoisotopic (exact) mass is 426 g/mol. The van der Waals surface area contributed by atoms with Gasteiger partial charge in [-0.25, -0.2) is 4.39 Å². The maximum Gasteiger partial charge on any atom is 0.254 e. The first-order valence-corrected chi connectivity index (χ1v) is 11.5. The summed E-state index contributed by atoms with van der Waals surface area (Å²) in [6, 6.07) is 22.5. The van der Waals surface area contributed by atoms with E-state index in [1.807, 2.05) is 35.2 Å². The lowest BCUT2D eigenvalue weighted by Gasteiger charge is -2.31. The standard InChI is InChI=1S/C28H27FN2O/c1-2-19-18-26(30-25-7-4-3-6-24(19)25)27-8-5-17-31(27)28(32)22-11-9-20(10-12-22)21-13-15-23(29)16-14-21/h3-4,6-7,9-16,19,27H,2,5,8,17-18H2,1H3. The largest absolute Gasteiger partial charge is 0.330 e. The lowest BCUT2D eigenvalue weighted by molar-refractivity contribution is 0.0768. The maximum atomic E-state index is 13.4. The van der Waals surface area contributed by atoms with Crippen LogP contribution in [-0.2, 0) is 0 Å². The molecule has 4 heteroatoms. The second-order valence-electron chi connectivity index (χ2n) is 8.71. The van der Waals surface area contributed by atoms with E-state index in [-0.39, 0.29) is 17.8 Å². The first-order valence-electron chi connectivity index (χ1n) is 11.5. The Morgan fingerprint density at radius 1 is 1.00 bits per heavy atom. The predicted molar refractivity (Wildman–Crippen MR) is 127 cm³/mol. The summed E-state index contributed by atoms with van der Waals surface area (Å²) in [4.78, 5) is 20.4. The van der Waals surface area contributed by atoms with Gasteiger partial charge < -0.3 is 4.90 Å². The molecule has 1 amide bonds. The van der Waals surface area contributed by atoms with Crippen molar-refractivity contribution in [3.05, 3.63) is 89.7 Å². The Hall–Kier alpha value is -3.27. The van der Waals surface area contributed by atoms with Crippen LogP contribution < -0.4 is 0 Å². The number of benzene rings is 3. The van der Waals surface area contributed by atoms with Crippen LogP contribution in [0, 0.1) is 5.82 Å². The van der Waals surface area contributed by atoms with Crippen molar-refractivity contribution in [1.29, 1.82) is 0 Å². The number of para-hydroxylation sites is 1. The van der Waals surface area contributed by atoms with Gasteiger partial charge in [0.2, 0.25) is 0 Å². The molecule has 0 radical (unpaired) electrons. The van der Waals surface area contributed by atoms with Crippen LogP contribution in [0.3, 0.4) is 0 Å². The van der Waals surface area contributed by atoms with E-state index in [4.69, 9.17) is 4.99 Å². The lowest BCUT2D eigenvalue weighted by atomic mass is 9.85. The first kappa shape index (κ1) is 20.6. The molecule has 2 aliphatic heterocycles. The Balaban J connectivity index is 1.38. The Morgan fingerprint density at radius 3 is 2.41 bits per heavy atom. The van der Waals surface area contributed by atoms with Crippen LogP contribution in [0.25, 0.3) is 11.1 Å². The van der Waals surface area contributed by atoms with E-state index in [1.54, 1.807) is 12.1 Å². The number of hydrogen-bond donors (Lipinski definition) is 0. The summed E-state index contributed by atoms with van der Waals surface area (Å²) in [5.41, 5.74) is 6.12. The van der Waals surface area contributed by atoms with Gasteiger partial charge >= 0.3 is 0 Å². The van der Waals surface area contributed by atoms with Crippen molar-refractivity contribution in [3.63, 3.8) is 0 Å². The molecule has 2 unspecified atom stereocenters. The van der Waals surface area contributed by atoms with Crippen molar-refractivity contribution >= 4 is 17.3 Å². The quantitative estimate of drug-likeness (QED) is 0.453. The van der Waals surface area contributed by atoms with E-state index in [0.717, 1.165) is 54.8 Å². The number of hydrogen-bond acceptors (Lipinski definition) is 2. The van der Waals surface area contributed by atoms with Gasteiger partial charge in [-0.2, -0.15) is 0 Å². The van der Waals surface area contributed by atoms with Crippen molar-refractivity contribution in [2.45, 2.75) is 44.6 Å². The van der Waals surface area contributed by atoms with Crippen LogP contribution in [0.5, 0.6) is 0 Å². The molecule has 2 atom stereocenters. The number of aliphatic imine (C=N–C) groups is 1. The SMILES string of the molecule is CCC1CC(C2CCCN2C(=O)c2ccc(-c3ccc(F)cc3)cc2)=Nc2ccccc21. The fourth-order valence-electron chi connectivity index (χ4n) is 5.04. The molecule has 0 bridgehead atoms. The van der Waals surface area contributed by atoms with Crippen LogP contribution in [-0.4, -0.2) is 29.1 Å². The third-order valence-electron chi connectivity index (χ3n) is 6.80. The molecule has 0 saturated carbocycles. The highest BCUT2D eigenvalue weighted by Crippen LogP contribution is 2.39. The lowest BCUT2D eigenvalue weighted by Crippen LogP contribution is -2.41. The predicted octanol–water partition coefficient (Wildman–Crippen LogP) is 6.77. The highest BCUT2D eigenvalue weighted by atomic mass is 19.1. The molecule has 3 aromatic carbocycles. The smallest absolute Gasteiger partial charge is 0.254 e. The molecule has 5 rings (SSSR count). The maximum absolute atomic E-state index is 13.4. The number of fused-ring (bicyclic) bond motifs is 1. The Kier molecular flexibility index (Phi) is 5.60. The highest BCUT2D eigenvalue weighted by Gasteiger charge is 2.35. The van der Waals surface area contributed by atoms with E-state index < -0.39 is 0 Å². The molecule has 0 spiro atoms. The Morgan fingerprint density at radius 2 is 1.69 bits per heavy atom. The van der Waals surface area contributed by atoms with Gasteiger partial charge in [-0.05, 0) is 78.6 Å². The Bertz CT molecular complexity index is 1150. The molecule has 0 N–H and O–H groups in total. The average Bonchev–Trinajstić information content (AvgIpc) is 3.33. The number of halogens is 1. The number of amides is 1. The molecule has 3 nitrogen and oxygen atoms in total. The molecule has 1 saturated heterocycles. The molecule has 1 fully saturated rings. The Labute approximate surface area is 188 Å². The van der Waals surface area contributed by atoms with Crippen LogP contribution in [0.1, 0.15) is 54.4 Å². The summed E-state index contributed by atoms with van der Waals surface area (Å²) >= 11 is 0. The van der Waals surface area contributed by atoms with E-state index in [2.05, 4.69) is 25.1 Å². The topological polar surface area (TPSA) is 32.7 Å². The number of likely N-dealkylation sites (tertiary alicyclic amines) is 1. The van der Waals surface area contributed by atoms with E-state index in [1.165, 1.54) is 17.7 Å². The summed E-state index contributed by atoms with van der Waals surface area (Å²) < 4.78 is 13.2. The molecule has 0 aliphatic carbocycles. The van der Waals surface area contributed by atoms with Gasteiger partial charge in [0, 0.05) is 17.8 Å². The van der Waals surface area contributed by atoms with Gasteiger partial charge in [0.1, 0.15) is 5.82 Å². The molecule has 3 aromatic rings. The second-order valence-corrected chi connectivity index (χ2v) is 8.71. The van der Waals surface area contributed by atoms with E-state index in [0.29, 0.717) is 11.5 Å². The third kappa shape index (κ3) is 3.86. The van der Waals surface area contributed by atoms with Crippen LogP contribution in [0.4, 0.5) is 10.1 Å². The minimum Gasteiger partial charge on any atom is -0.330 e. The van der Waals surface area contributed by atoms with Crippen molar-refractivity contribution in [2.24, 2.45) is 4.99 Å². The van der Waals surface area contributed by atoms with Crippen LogP contribution in [0.15, 0.2) is 77.8 Å². The summed E-state index contributed by atoms with van der Waals surface area (Å²) in [5, 5.41) is 0. The van der Waals surface area contributed by atoms with Crippen molar-refractivity contribution in [3.8, 4) is 11.1 Å². The number of rotatable bonds is 4. The van der Waals surface area contributed by atoms with Crippen LogP contribution in [0.2, 0.25) is 0 Å². The van der Waals surface area contributed by atoms with Crippen LogP contribution >= 0.6 is 0 Å². The van der Waals surface area contributed by atoms with Crippen molar-refractivity contribution < 1.29 is 9.18 Å². The zero-order chi connectivity index (χ0) is 22.1. The van der Waals surface area contributed by atoms with Gasteiger partial charge in [0.15, 0.2) is 0 Å². The van der Waals surface area contributed by atoms with Gasteiger partial charge in [-0.3, -0.25) is 9.79 Å². The van der Waals surface area contributed by atoms with Gasteiger partial charge in [-0.1, -0.05) is 49.4 Å². The number of carbonyl (C=O) groups is 1. The summed E-state index contributed by atoms with van der Waals surface area (Å²) in [7, 11) is 0. The summed E-state index contributed by atoms with van der Waals surface area (Å²) in [6.07, 6.45) is 3.96. The summed E-state index contributed by atoms with van der Waals surface area (Å²) in [5.74, 6) is 0.276. The molecular weight excluding hydrogens is 399 g/mol. The highest BCUT2D eigenvalue weighted by molar-refractivity contribution is 6.01. The van der Waals surface area contributed by atoms with Gasteiger partial charge in [-0.15, -0.1) is 0 Å². The summed E-state index contributed by atoms with van der Waals surface area (Å²) in [6.45, 7) is 2.99. The third-order valence-corrected chi connectivity index (χ3v) is 6.80. The zero-order valence-electron chi connectivity index (χ0n) is 18.3. The number of carbonyl (C=O) groups excluding carboxylic acids is 1. The minimum atomic E-state index is -0.251. The second kappa shape index (κ2) is 8.70. The van der Waals surface area contributed by atoms with E-state index in [9.17, 15) is 9.18 Å². The van der Waals surface area contributed by atoms with Crippen molar-refractivity contribution in [1.82, 2.24) is 4.90 Å². The fraction of sp³-hybridized carbons (Fsp3) is 0.286. The van der Waals surface area contributed by atoms with Crippen molar-refractivity contribution in [2.75, 3.05) is 6.54 Å². The normalized spacial score (nSPS) is 20.1. The molecular formula is C28H27FN2O. The van der Waals surface area contributed by atoms with E-state index >= 15 is 0 Å². The minimum absolute atomic E-state index is 0.0627.